The van der Waals surface area contributed by atoms with Crippen molar-refractivity contribution in [2.24, 2.45) is 5.92 Å². The zero-order valence-electron chi connectivity index (χ0n) is 26.0. The van der Waals surface area contributed by atoms with Crippen LogP contribution in [0.2, 0.25) is 0 Å². The maximum Gasteiger partial charge on any atom is 0.358 e. The predicted molar refractivity (Wildman–Crippen MR) is 164 cm³/mol. The smallest absolute Gasteiger partial charge is 0.358 e. The Hall–Kier alpha value is -3.85. The van der Waals surface area contributed by atoms with Gasteiger partial charge in [-0.15, -0.1) is 0 Å². The highest BCUT2D eigenvalue weighted by Crippen LogP contribution is 2.42. The van der Waals surface area contributed by atoms with E-state index in [0.717, 1.165) is 37.1 Å². The number of carbonyl (C=O) groups is 2. The lowest BCUT2D eigenvalue weighted by Crippen LogP contribution is -2.30. The minimum Gasteiger partial charge on any atom is -0.496 e. The van der Waals surface area contributed by atoms with E-state index >= 15 is 0 Å². The zero-order chi connectivity index (χ0) is 30.4. The van der Waals surface area contributed by atoms with Gasteiger partial charge in [-0.05, 0) is 101 Å². The van der Waals surface area contributed by atoms with E-state index in [-0.39, 0.29) is 24.1 Å². The summed E-state index contributed by atoms with van der Waals surface area (Å²) in [6.45, 7) is 8.36. The van der Waals surface area contributed by atoms with Crippen LogP contribution < -0.4 is 9.47 Å². The fourth-order valence-corrected chi connectivity index (χ4v) is 4.88. The number of aromatic nitrogens is 2. The van der Waals surface area contributed by atoms with Crippen molar-refractivity contribution in [3.8, 4) is 28.4 Å². The van der Waals surface area contributed by atoms with Gasteiger partial charge in [0.1, 0.15) is 11.5 Å². The Labute approximate surface area is 249 Å². The number of benzene rings is 2. The Balaban J connectivity index is 1.81. The third-order valence-corrected chi connectivity index (χ3v) is 7.40. The molecule has 9 heteroatoms. The van der Waals surface area contributed by atoms with Crippen molar-refractivity contribution >= 4 is 11.9 Å². The molecule has 1 saturated carbocycles. The van der Waals surface area contributed by atoms with E-state index in [0.29, 0.717) is 47.4 Å². The number of hydrogen-bond acceptors (Lipinski definition) is 7. The molecule has 1 aliphatic carbocycles. The van der Waals surface area contributed by atoms with E-state index in [2.05, 4.69) is 18.7 Å². The topological polar surface area (TPSA) is 86.1 Å². The van der Waals surface area contributed by atoms with E-state index in [1.807, 2.05) is 57.5 Å². The van der Waals surface area contributed by atoms with Crippen LogP contribution >= 0.6 is 0 Å². The molecule has 0 aliphatic heterocycles. The highest BCUT2D eigenvalue weighted by atomic mass is 16.5. The molecule has 0 saturated heterocycles. The molecule has 3 aromatic rings. The van der Waals surface area contributed by atoms with Gasteiger partial charge in [0.15, 0.2) is 5.69 Å². The molecule has 1 heterocycles. The number of hydrogen-bond donors (Lipinski definition) is 0. The molecule has 1 aliphatic rings. The molecular formula is C33H44N4O5. The van der Waals surface area contributed by atoms with Crippen molar-refractivity contribution in [2.45, 2.75) is 46.0 Å². The van der Waals surface area contributed by atoms with Gasteiger partial charge < -0.3 is 24.0 Å². The molecule has 226 valence electrons. The molecule has 4 rings (SSSR count). The number of rotatable bonds is 14. The van der Waals surface area contributed by atoms with Crippen molar-refractivity contribution in [3.05, 3.63) is 59.3 Å². The Bertz CT molecular complexity index is 1390. The number of nitrogens with zero attached hydrogens (tertiary/aromatic N) is 4. The summed E-state index contributed by atoms with van der Waals surface area (Å²) in [7, 11) is 7.51. The van der Waals surface area contributed by atoms with Crippen LogP contribution in [0, 0.1) is 5.92 Å². The largest absolute Gasteiger partial charge is 0.496 e. The summed E-state index contributed by atoms with van der Waals surface area (Å²) in [5, 5.41) is 4.74. The van der Waals surface area contributed by atoms with Gasteiger partial charge in [0, 0.05) is 19.2 Å². The quantitative estimate of drug-likeness (QED) is 0.229. The second kappa shape index (κ2) is 13.9. The summed E-state index contributed by atoms with van der Waals surface area (Å²) in [6.07, 6.45) is 3.22. The van der Waals surface area contributed by atoms with Crippen LogP contribution in [0.3, 0.4) is 0 Å². The van der Waals surface area contributed by atoms with E-state index in [9.17, 15) is 9.59 Å². The Morgan fingerprint density at radius 3 is 2.43 bits per heavy atom. The fraction of sp³-hybridized carbons (Fsp3) is 0.485. The van der Waals surface area contributed by atoms with Crippen LogP contribution in [0.25, 0.3) is 16.9 Å². The summed E-state index contributed by atoms with van der Waals surface area (Å²) in [6, 6.07) is 13.1. The van der Waals surface area contributed by atoms with Crippen LogP contribution in [-0.2, 0) is 4.74 Å². The van der Waals surface area contributed by atoms with Crippen LogP contribution in [0.15, 0.2) is 42.5 Å². The second-order valence-corrected chi connectivity index (χ2v) is 11.4. The minimum atomic E-state index is -0.509. The summed E-state index contributed by atoms with van der Waals surface area (Å²) in [5.74, 6) is 1.36. The molecule has 1 amide bonds. The number of amides is 1. The fourth-order valence-electron chi connectivity index (χ4n) is 4.88. The molecule has 1 aromatic heterocycles. The molecule has 0 radical (unpaired) electrons. The Morgan fingerprint density at radius 1 is 1.05 bits per heavy atom. The molecule has 1 fully saturated rings. The molecule has 0 unspecified atom stereocenters. The molecule has 2 aromatic carbocycles. The van der Waals surface area contributed by atoms with Gasteiger partial charge in [0.2, 0.25) is 0 Å². The maximum absolute atomic E-state index is 13.4. The normalized spacial score (nSPS) is 13.0. The first-order chi connectivity index (χ1) is 20.1. The average Bonchev–Trinajstić information content (AvgIpc) is 3.70. The van der Waals surface area contributed by atoms with E-state index in [4.69, 9.17) is 19.3 Å². The highest BCUT2D eigenvalue weighted by Gasteiger charge is 2.27. The predicted octanol–water partition coefficient (Wildman–Crippen LogP) is 5.66. The van der Waals surface area contributed by atoms with Crippen molar-refractivity contribution in [2.75, 3.05) is 54.6 Å². The summed E-state index contributed by atoms with van der Waals surface area (Å²) in [4.78, 5) is 30.1. The van der Waals surface area contributed by atoms with Crippen LogP contribution in [-0.4, -0.2) is 86.0 Å². The Kier molecular flexibility index (Phi) is 10.3. The van der Waals surface area contributed by atoms with E-state index in [1.165, 1.54) is 0 Å². The van der Waals surface area contributed by atoms with Crippen molar-refractivity contribution in [3.63, 3.8) is 0 Å². The molecule has 0 atom stereocenters. The monoisotopic (exact) mass is 576 g/mol. The first kappa shape index (κ1) is 31.1. The second-order valence-electron chi connectivity index (χ2n) is 11.4. The Morgan fingerprint density at radius 2 is 1.79 bits per heavy atom. The van der Waals surface area contributed by atoms with Gasteiger partial charge in [0.25, 0.3) is 5.91 Å². The van der Waals surface area contributed by atoms with Gasteiger partial charge in [-0.1, -0.05) is 19.9 Å². The lowest BCUT2D eigenvalue weighted by atomic mass is 9.97. The van der Waals surface area contributed by atoms with Crippen LogP contribution in [0.4, 0.5) is 0 Å². The molecule has 42 heavy (non-hydrogen) atoms. The van der Waals surface area contributed by atoms with Crippen molar-refractivity contribution in [1.29, 1.82) is 0 Å². The average molecular weight is 577 g/mol. The summed E-state index contributed by atoms with van der Waals surface area (Å²) < 4.78 is 19.1. The van der Waals surface area contributed by atoms with Crippen molar-refractivity contribution in [1.82, 2.24) is 19.6 Å². The summed E-state index contributed by atoms with van der Waals surface area (Å²) >= 11 is 0. The van der Waals surface area contributed by atoms with Crippen molar-refractivity contribution < 1.29 is 23.8 Å². The first-order valence-corrected chi connectivity index (χ1v) is 14.8. The SMILES string of the molecule is CCOC(=O)c1cc(-c2c(OC)cccc2OCC2CC2)n(-c2ccc(C(=O)N(C)CCCN(C)C)cc2C(C)C)n1. The number of ether oxygens (including phenoxy) is 3. The van der Waals surface area contributed by atoms with Gasteiger partial charge in [-0.2, -0.15) is 5.10 Å². The van der Waals surface area contributed by atoms with Gasteiger partial charge in [0.05, 0.1) is 37.3 Å². The molecule has 0 spiro atoms. The molecule has 0 bridgehead atoms. The molecular weight excluding hydrogens is 532 g/mol. The standard InChI is InChI=1S/C33H44N4O5/c1-8-41-33(39)26-20-28(31-29(40-7)11-9-12-30(31)42-21-23-13-14-23)37(34-26)27-16-15-24(19-25(27)22(2)3)32(38)36(6)18-10-17-35(4)5/h9,11-12,15-16,19-20,22-23H,8,10,13-14,17-18,21H2,1-7H3. The van der Waals surface area contributed by atoms with E-state index < -0.39 is 5.97 Å². The van der Waals surface area contributed by atoms with Gasteiger partial charge >= 0.3 is 5.97 Å². The lowest BCUT2D eigenvalue weighted by Gasteiger charge is -2.21. The van der Waals surface area contributed by atoms with Gasteiger partial charge in [-0.3, -0.25) is 4.79 Å². The van der Waals surface area contributed by atoms with E-state index in [1.54, 1.807) is 29.7 Å². The summed E-state index contributed by atoms with van der Waals surface area (Å²) in [5.41, 5.74) is 3.84. The van der Waals surface area contributed by atoms with Crippen LogP contribution in [0.5, 0.6) is 11.5 Å². The lowest BCUT2D eigenvalue weighted by molar-refractivity contribution is 0.0518. The maximum atomic E-state index is 13.4. The highest BCUT2D eigenvalue weighted by molar-refractivity contribution is 5.95. The number of carbonyl (C=O) groups excluding carboxylic acids is 2. The number of methoxy groups -OCH3 is 1. The minimum absolute atomic E-state index is 0.0319. The molecule has 0 N–H and O–H groups in total. The number of esters is 1. The first-order valence-electron chi connectivity index (χ1n) is 14.8. The van der Waals surface area contributed by atoms with Gasteiger partial charge in [-0.25, -0.2) is 9.48 Å². The third-order valence-electron chi connectivity index (χ3n) is 7.40. The van der Waals surface area contributed by atoms with Crippen LogP contribution in [0.1, 0.15) is 72.4 Å². The third kappa shape index (κ3) is 7.31. The molecule has 9 nitrogen and oxygen atoms in total. The zero-order valence-corrected chi connectivity index (χ0v) is 26.0.